The van der Waals surface area contributed by atoms with Crippen molar-refractivity contribution < 1.29 is 14.3 Å². The van der Waals surface area contributed by atoms with Crippen LogP contribution in [0.1, 0.15) is 23.6 Å². The number of Topliss-reactive ketones (excluding diaryl/α,β-unsaturated/α-hetero) is 1. The monoisotopic (exact) mass is 222 g/mol. The first-order chi connectivity index (χ1) is 7.51. The van der Waals surface area contributed by atoms with Gasteiger partial charge in [-0.05, 0) is 37.5 Å². The summed E-state index contributed by atoms with van der Waals surface area (Å²) in [6, 6.07) is 1.98. The van der Waals surface area contributed by atoms with Gasteiger partial charge in [-0.1, -0.05) is 6.07 Å². The molecule has 0 atom stereocenters. The molecular formula is C13H18O3. The lowest BCUT2D eigenvalue weighted by Gasteiger charge is -2.16. The summed E-state index contributed by atoms with van der Waals surface area (Å²) < 4.78 is 10.6. The van der Waals surface area contributed by atoms with Crippen molar-refractivity contribution in [1.29, 1.82) is 0 Å². The molecule has 0 heterocycles. The van der Waals surface area contributed by atoms with Crippen LogP contribution in [0, 0.1) is 13.8 Å². The number of hydrogen-bond donors (Lipinski definition) is 0. The van der Waals surface area contributed by atoms with Crippen molar-refractivity contribution in [2.24, 2.45) is 0 Å². The van der Waals surface area contributed by atoms with E-state index in [-0.39, 0.29) is 5.78 Å². The van der Waals surface area contributed by atoms with E-state index in [1.165, 1.54) is 0 Å². The van der Waals surface area contributed by atoms with Crippen molar-refractivity contribution >= 4 is 5.78 Å². The maximum Gasteiger partial charge on any atom is 0.164 e. The summed E-state index contributed by atoms with van der Waals surface area (Å²) in [5, 5.41) is 0. The van der Waals surface area contributed by atoms with Crippen LogP contribution in [0.3, 0.4) is 0 Å². The first-order valence-electron chi connectivity index (χ1n) is 5.21. The Kier molecular flexibility index (Phi) is 3.93. The molecule has 0 spiro atoms. The molecule has 0 aliphatic heterocycles. The summed E-state index contributed by atoms with van der Waals surface area (Å²) in [6.07, 6.45) is 0.438. The van der Waals surface area contributed by atoms with Gasteiger partial charge in [-0.25, -0.2) is 0 Å². The second-order valence-corrected chi connectivity index (χ2v) is 3.92. The van der Waals surface area contributed by atoms with Crippen molar-refractivity contribution in [3.05, 3.63) is 22.8 Å². The number of ketones is 1. The molecule has 0 aliphatic carbocycles. The Balaban J connectivity index is 3.33. The van der Waals surface area contributed by atoms with Crippen LogP contribution in [0.25, 0.3) is 0 Å². The number of aryl methyl sites for hydroxylation is 1. The summed E-state index contributed by atoms with van der Waals surface area (Å²) in [5.41, 5.74) is 2.96. The number of hydrogen-bond acceptors (Lipinski definition) is 3. The summed E-state index contributed by atoms with van der Waals surface area (Å²) in [4.78, 5) is 11.2. The lowest BCUT2D eigenvalue weighted by molar-refractivity contribution is -0.116. The molecular weight excluding hydrogens is 204 g/mol. The lowest BCUT2D eigenvalue weighted by Crippen LogP contribution is -2.03. The highest BCUT2D eigenvalue weighted by Crippen LogP contribution is 2.36. The Morgan fingerprint density at radius 1 is 1.19 bits per heavy atom. The summed E-state index contributed by atoms with van der Waals surface area (Å²) in [7, 11) is 3.23. The van der Waals surface area contributed by atoms with Gasteiger partial charge in [0.15, 0.2) is 11.5 Å². The predicted molar refractivity (Wildman–Crippen MR) is 63.4 cm³/mol. The van der Waals surface area contributed by atoms with Gasteiger partial charge in [0.1, 0.15) is 5.78 Å². The van der Waals surface area contributed by atoms with Crippen LogP contribution in [0.4, 0.5) is 0 Å². The molecule has 16 heavy (non-hydrogen) atoms. The number of benzene rings is 1. The summed E-state index contributed by atoms with van der Waals surface area (Å²) in [5.74, 6) is 1.61. The number of rotatable bonds is 4. The molecule has 0 unspecified atom stereocenters. The molecule has 3 heteroatoms. The van der Waals surface area contributed by atoms with E-state index in [1.54, 1.807) is 21.1 Å². The standard InChI is InChI=1S/C13H18O3/c1-8-6-11(7-9(2)14)10(3)13(16-5)12(8)15-4/h6H,7H2,1-5H3. The largest absolute Gasteiger partial charge is 0.493 e. The number of carbonyl (C=O) groups is 1. The molecule has 0 aliphatic rings. The van der Waals surface area contributed by atoms with Crippen LogP contribution in [-0.2, 0) is 11.2 Å². The quantitative estimate of drug-likeness (QED) is 0.785. The Labute approximate surface area is 96.4 Å². The van der Waals surface area contributed by atoms with E-state index in [0.29, 0.717) is 6.42 Å². The molecule has 0 aromatic heterocycles. The Morgan fingerprint density at radius 3 is 2.19 bits per heavy atom. The molecule has 1 aromatic rings. The highest BCUT2D eigenvalue weighted by atomic mass is 16.5. The van der Waals surface area contributed by atoms with Crippen LogP contribution in [-0.4, -0.2) is 20.0 Å². The molecule has 1 aromatic carbocycles. The number of ether oxygens (including phenoxy) is 2. The zero-order valence-corrected chi connectivity index (χ0v) is 10.5. The van der Waals surface area contributed by atoms with Crippen LogP contribution < -0.4 is 9.47 Å². The van der Waals surface area contributed by atoms with E-state index in [2.05, 4.69) is 0 Å². The third-order valence-corrected chi connectivity index (χ3v) is 2.63. The highest BCUT2D eigenvalue weighted by Gasteiger charge is 2.15. The van der Waals surface area contributed by atoms with Gasteiger partial charge in [0.25, 0.3) is 0 Å². The average Bonchev–Trinajstić information content (AvgIpc) is 2.21. The van der Waals surface area contributed by atoms with Crippen molar-refractivity contribution in [3.8, 4) is 11.5 Å². The van der Waals surface area contributed by atoms with Crippen molar-refractivity contribution in [2.45, 2.75) is 27.2 Å². The van der Waals surface area contributed by atoms with Gasteiger partial charge in [0, 0.05) is 6.42 Å². The maximum atomic E-state index is 11.2. The molecule has 0 bridgehead atoms. The summed E-state index contributed by atoms with van der Waals surface area (Å²) in [6.45, 7) is 5.48. The minimum atomic E-state index is 0.148. The van der Waals surface area contributed by atoms with Gasteiger partial charge < -0.3 is 9.47 Å². The summed E-state index contributed by atoms with van der Waals surface area (Å²) >= 11 is 0. The zero-order chi connectivity index (χ0) is 12.3. The molecule has 3 nitrogen and oxygen atoms in total. The van der Waals surface area contributed by atoms with Crippen molar-refractivity contribution in [1.82, 2.24) is 0 Å². The smallest absolute Gasteiger partial charge is 0.164 e. The molecule has 0 saturated heterocycles. The first kappa shape index (κ1) is 12.6. The Morgan fingerprint density at radius 2 is 1.75 bits per heavy atom. The molecule has 0 radical (unpaired) electrons. The Bertz CT molecular complexity index is 408. The van der Waals surface area contributed by atoms with Crippen LogP contribution in [0.5, 0.6) is 11.5 Å². The maximum absolute atomic E-state index is 11.2. The van der Waals surface area contributed by atoms with Gasteiger partial charge in [-0.2, -0.15) is 0 Å². The third kappa shape index (κ3) is 2.35. The third-order valence-electron chi connectivity index (χ3n) is 2.63. The normalized spacial score (nSPS) is 10.1. The van der Waals surface area contributed by atoms with Crippen molar-refractivity contribution in [3.63, 3.8) is 0 Å². The van der Waals surface area contributed by atoms with Gasteiger partial charge in [-0.3, -0.25) is 4.79 Å². The van der Waals surface area contributed by atoms with Crippen LogP contribution in [0.2, 0.25) is 0 Å². The highest BCUT2D eigenvalue weighted by molar-refractivity contribution is 5.79. The number of methoxy groups -OCH3 is 2. The molecule has 1 rings (SSSR count). The van der Waals surface area contributed by atoms with Gasteiger partial charge in [0.2, 0.25) is 0 Å². The molecule has 0 saturated carbocycles. The predicted octanol–water partition coefficient (Wildman–Crippen LogP) is 2.45. The second-order valence-electron chi connectivity index (χ2n) is 3.92. The molecule has 0 amide bonds. The van der Waals surface area contributed by atoms with Crippen molar-refractivity contribution in [2.75, 3.05) is 14.2 Å². The first-order valence-corrected chi connectivity index (χ1v) is 5.21. The van der Waals surface area contributed by atoms with Crippen LogP contribution in [0.15, 0.2) is 6.07 Å². The fourth-order valence-corrected chi connectivity index (χ4v) is 1.88. The molecule has 0 N–H and O–H groups in total. The van der Waals surface area contributed by atoms with Crippen LogP contribution >= 0.6 is 0 Å². The van der Waals surface area contributed by atoms with E-state index in [1.807, 2.05) is 19.9 Å². The fourth-order valence-electron chi connectivity index (χ4n) is 1.88. The van der Waals surface area contributed by atoms with Gasteiger partial charge >= 0.3 is 0 Å². The number of carbonyl (C=O) groups excluding carboxylic acids is 1. The topological polar surface area (TPSA) is 35.5 Å². The minimum Gasteiger partial charge on any atom is -0.493 e. The van der Waals surface area contributed by atoms with E-state index in [4.69, 9.17) is 9.47 Å². The van der Waals surface area contributed by atoms with Gasteiger partial charge in [-0.15, -0.1) is 0 Å². The van der Waals surface area contributed by atoms with E-state index in [0.717, 1.165) is 28.2 Å². The Hall–Kier alpha value is -1.51. The minimum absolute atomic E-state index is 0.148. The zero-order valence-electron chi connectivity index (χ0n) is 10.5. The second kappa shape index (κ2) is 5.01. The average molecular weight is 222 g/mol. The molecule has 88 valence electrons. The lowest BCUT2D eigenvalue weighted by atomic mass is 9.99. The van der Waals surface area contributed by atoms with E-state index >= 15 is 0 Å². The molecule has 0 fully saturated rings. The van der Waals surface area contributed by atoms with Gasteiger partial charge in [0.05, 0.1) is 14.2 Å². The van der Waals surface area contributed by atoms with E-state index in [9.17, 15) is 4.79 Å². The SMILES string of the molecule is COc1c(C)cc(CC(C)=O)c(C)c1OC. The van der Waals surface area contributed by atoms with E-state index < -0.39 is 0 Å². The fraction of sp³-hybridized carbons (Fsp3) is 0.462.